The van der Waals surface area contributed by atoms with Gasteiger partial charge in [-0.05, 0) is 18.1 Å². The number of carbonyl (C=O) groups excluding carboxylic acids is 1. The highest BCUT2D eigenvalue weighted by molar-refractivity contribution is 5.77. The van der Waals surface area contributed by atoms with Crippen LogP contribution in [-0.2, 0) is 4.79 Å². The molecule has 0 aliphatic carbocycles. The number of carbonyl (C=O) groups is 1. The first kappa shape index (κ1) is 14.8. The maximum atomic E-state index is 11.5. The standard InChI is InChI=1S/C14H20N4O/c1-10(2)9-18-13(19)6-7-17-12-5-3-4-11(8-15)14(12)16/h3-5,10,17H,6-7,9,16H2,1-2H3,(H,18,19). The Kier molecular flexibility index (Phi) is 5.68. The van der Waals surface area contributed by atoms with Gasteiger partial charge in [0.2, 0.25) is 5.91 Å². The third kappa shape index (κ3) is 4.88. The van der Waals surface area contributed by atoms with Crippen molar-refractivity contribution in [3.63, 3.8) is 0 Å². The lowest BCUT2D eigenvalue weighted by atomic mass is 10.1. The van der Waals surface area contributed by atoms with Crippen LogP contribution in [0.3, 0.4) is 0 Å². The van der Waals surface area contributed by atoms with Gasteiger partial charge in [0, 0.05) is 19.5 Å². The minimum absolute atomic E-state index is 0.0104. The second-order valence-electron chi connectivity index (χ2n) is 4.75. The summed E-state index contributed by atoms with van der Waals surface area (Å²) in [5, 5.41) is 14.8. The average molecular weight is 260 g/mol. The predicted octanol–water partition coefficient (Wildman–Crippen LogP) is 1.71. The number of nitrogens with one attached hydrogen (secondary N) is 2. The van der Waals surface area contributed by atoms with Crippen molar-refractivity contribution in [3.05, 3.63) is 23.8 Å². The predicted molar refractivity (Wildman–Crippen MR) is 76.5 cm³/mol. The van der Waals surface area contributed by atoms with E-state index in [0.29, 0.717) is 42.4 Å². The first-order chi connectivity index (χ1) is 9.04. The first-order valence-electron chi connectivity index (χ1n) is 6.33. The van der Waals surface area contributed by atoms with Crippen molar-refractivity contribution in [2.75, 3.05) is 24.1 Å². The van der Waals surface area contributed by atoms with E-state index in [9.17, 15) is 4.79 Å². The molecule has 0 bridgehead atoms. The van der Waals surface area contributed by atoms with Gasteiger partial charge in [-0.1, -0.05) is 19.9 Å². The summed E-state index contributed by atoms with van der Waals surface area (Å²) in [5.41, 5.74) is 7.38. The van der Waals surface area contributed by atoms with Gasteiger partial charge in [-0.25, -0.2) is 0 Å². The van der Waals surface area contributed by atoms with Gasteiger partial charge >= 0.3 is 0 Å². The van der Waals surface area contributed by atoms with Gasteiger partial charge in [-0.3, -0.25) is 4.79 Å². The number of nitrogens with two attached hydrogens (primary N) is 1. The molecule has 0 radical (unpaired) electrons. The number of amides is 1. The highest BCUT2D eigenvalue weighted by Crippen LogP contribution is 2.21. The Morgan fingerprint density at radius 3 is 2.84 bits per heavy atom. The maximum absolute atomic E-state index is 11.5. The molecule has 5 nitrogen and oxygen atoms in total. The largest absolute Gasteiger partial charge is 0.396 e. The number of nitriles is 1. The molecule has 1 aromatic rings. The van der Waals surface area contributed by atoms with Gasteiger partial charge in [0.05, 0.1) is 16.9 Å². The Morgan fingerprint density at radius 2 is 2.21 bits per heavy atom. The van der Waals surface area contributed by atoms with E-state index in [4.69, 9.17) is 11.0 Å². The van der Waals surface area contributed by atoms with Gasteiger partial charge in [0.25, 0.3) is 0 Å². The Labute approximate surface area is 113 Å². The maximum Gasteiger partial charge on any atom is 0.221 e. The van der Waals surface area contributed by atoms with Crippen LogP contribution in [0.15, 0.2) is 18.2 Å². The van der Waals surface area contributed by atoms with Crippen LogP contribution in [0.5, 0.6) is 0 Å². The van der Waals surface area contributed by atoms with E-state index in [2.05, 4.69) is 10.6 Å². The topological polar surface area (TPSA) is 90.9 Å². The summed E-state index contributed by atoms with van der Waals surface area (Å²) in [7, 11) is 0. The molecule has 0 spiro atoms. The summed E-state index contributed by atoms with van der Waals surface area (Å²) in [5.74, 6) is 0.455. The fourth-order valence-corrected chi connectivity index (χ4v) is 1.53. The zero-order valence-electron chi connectivity index (χ0n) is 11.4. The number of nitrogens with zero attached hydrogens (tertiary/aromatic N) is 1. The summed E-state index contributed by atoms with van der Waals surface area (Å²) in [6, 6.07) is 7.24. The molecule has 1 amide bonds. The van der Waals surface area contributed by atoms with Crippen molar-refractivity contribution < 1.29 is 4.79 Å². The molecule has 0 fully saturated rings. The van der Waals surface area contributed by atoms with Crippen molar-refractivity contribution >= 4 is 17.3 Å². The van der Waals surface area contributed by atoms with Crippen LogP contribution >= 0.6 is 0 Å². The number of para-hydroxylation sites is 1. The summed E-state index contributed by atoms with van der Waals surface area (Å²) < 4.78 is 0. The minimum Gasteiger partial charge on any atom is -0.396 e. The number of hydrogen-bond donors (Lipinski definition) is 3. The van der Waals surface area contributed by atoms with Crippen LogP contribution in [0.4, 0.5) is 11.4 Å². The smallest absolute Gasteiger partial charge is 0.221 e. The van der Waals surface area contributed by atoms with Gasteiger partial charge in [-0.15, -0.1) is 0 Å². The van der Waals surface area contributed by atoms with Crippen molar-refractivity contribution in [2.24, 2.45) is 5.92 Å². The number of nitrogen functional groups attached to an aromatic ring is 1. The van der Waals surface area contributed by atoms with Crippen LogP contribution in [0.1, 0.15) is 25.8 Å². The van der Waals surface area contributed by atoms with Crippen molar-refractivity contribution in [1.82, 2.24) is 5.32 Å². The molecule has 0 heterocycles. The van der Waals surface area contributed by atoms with E-state index in [1.807, 2.05) is 19.9 Å². The quantitative estimate of drug-likeness (QED) is 0.679. The summed E-state index contributed by atoms with van der Waals surface area (Å²) in [6.07, 6.45) is 0.378. The normalized spacial score (nSPS) is 10.0. The molecule has 102 valence electrons. The van der Waals surface area contributed by atoms with Crippen LogP contribution in [0, 0.1) is 17.2 Å². The SMILES string of the molecule is CC(C)CNC(=O)CCNc1cccc(C#N)c1N. The average Bonchev–Trinajstić information content (AvgIpc) is 2.38. The molecule has 1 rings (SSSR count). The molecule has 1 aromatic carbocycles. The molecule has 5 heteroatoms. The van der Waals surface area contributed by atoms with Crippen molar-refractivity contribution in [1.29, 1.82) is 5.26 Å². The summed E-state index contributed by atoms with van der Waals surface area (Å²) in [6.45, 7) is 5.27. The van der Waals surface area contributed by atoms with Gasteiger partial charge in [0.15, 0.2) is 0 Å². The van der Waals surface area contributed by atoms with Crippen molar-refractivity contribution in [3.8, 4) is 6.07 Å². The Morgan fingerprint density at radius 1 is 1.47 bits per heavy atom. The van der Waals surface area contributed by atoms with E-state index in [1.54, 1.807) is 18.2 Å². The van der Waals surface area contributed by atoms with Crippen LogP contribution in [0.25, 0.3) is 0 Å². The van der Waals surface area contributed by atoms with E-state index in [0.717, 1.165) is 0 Å². The highest BCUT2D eigenvalue weighted by atomic mass is 16.1. The van der Waals surface area contributed by atoms with Crippen LogP contribution < -0.4 is 16.4 Å². The third-order valence-electron chi connectivity index (χ3n) is 2.60. The molecule has 0 unspecified atom stereocenters. The lowest BCUT2D eigenvalue weighted by molar-refractivity contribution is -0.120. The van der Waals surface area contributed by atoms with E-state index in [-0.39, 0.29) is 5.91 Å². The number of anilines is 2. The van der Waals surface area contributed by atoms with E-state index < -0.39 is 0 Å². The molecule has 4 N–H and O–H groups in total. The molecule has 19 heavy (non-hydrogen) atoms. The lowest BCUT2D eigenvalue weighted by Gasteiger charge is -2.11. The summed E-state index contributed by atoms with van der Waals surface area (Å²) >= 11 is 0. The Balaban J connectivity index is 2.42. The fourth-order valence-electron chi connectivity index (χ4n) is 1.53. The van der Waals surface area contributed by atoms with Crippen molar-refractivity contribution in [2.45, 2.75) is 20.3 Å². The molecule has 0 aliphatic rings. The number of rotatable bonds is 6. The second kappa shape index (κ2) is 7.27. The summed E-state index contributed by atoms with van der Waals surface area (Å²) in [4.78, 5) is 11.5. The molecule has 0 atom stereocenters. The zero-order chi connectivity index (χ0) is 14.3. The molecule has 0 saturated carbocycles. The molecule has 0 saturated heterocycles. The number of hydrogen-bond acceptors (Lipinski definition) is 4. The molecule has 0 aliphatic heterocycles. The highest BCUT2D eigenvalue weighted by Gasteiger charge is 2.05. The minimum atomic E-state index is 0.0104. The Bertz CT molecular complexity index is 477. The Hall–Kier alpha value is -2.22. The van der Waals surface area contributed by atoms with Gasteiger partial charge in [-0.2, -0.15) is 5.26 Å². The van der Waals surface area contributed by atoms with E-state index >= 15 is 0 Å². The molecular formula is C14H20N4O. The van der Waals surface area contributed by atoms with E-state index in [1.165, 1.54) is 0 Å². The number of benzene rings is 1. The monoisotopic (exact) mass is 260 g/mol. The third-order valence-corrected chi connectivity index (χ3v) is 2.60. The van der Waals surface area contributed by atoms with Crippen LogP contribution in [-0.4, -0.2) is 19.0 Å². The molecule has 0 aromatic heterocycles. The zero-order valence-corrected chi connectivity index (χ0v) is 11.4. The van der Waals surface area contributed by atoms with Gasteiger partial charge < -0.3 is 16.4 Å². The molecular weight excluding hydrogens is 240 g/mol. The first-order valence-corrected chi connectivity index (χ1v) is 6.33. The fraction of sp³-hybridized carbons (Fsp3) is 0.429. The van der Waals surface area contributed by atoms with Gasteiger partial charge in [0.1, 0.15) is 6.07 Å². The second-order valence-corrected chi connectivity index (χ2v) is 4.75. The lowest BCUT2D eigenvalue weighted by Crippen LogP contribution is -2.28. The van der Waals surface area contributed by atoms with Crippen LogP contribution in [0.2, 0.25) is 0 Å².